The predicted octanol–water partition coefficient (Wildman–Crippen LogP) is 0.286. The van der Waals surface area contributed by atoms with Crippen molar-refractivity contribution in [1.29, 1.82) is 0 Å². The molecule has 7 nitrogen and oxygen atoms in total. The molecule has 22 heavy (non-hydrogen) atoms. The van der Waals surface area contributed by atoms with Crippen LogP contribution in [0.25, 0.3) is 0 Å². The molecule has 1 atom stereocenters. The van der Waals surface area contributed by atoms with Gasteiger partial charge in [-0.05, 0) is 31.0 Å². The minimum Gasteiger partial charge on any atom is -0.487 e. The molecule has 0 spiro atoms. The maximum atomic E-state index is 9.57. The number of benzene rings is 1. The lowest BCUT2D eigenvalue weighted by atomic mass is 10.1. The van der Waals surface area contributed by atoms with Crippen molar-refractivity contribution in [1.82, 2.24) is 15.0 Å². The minimum atomic E-state index is -0.896. The van der Waals surface area contributed by atoms with Crippen LogP contribution in [-0.4, -0.2) is 37.9 Å². The van der Waals surface area contributed by atoms with Crippen molar-refractivity contribution in [3.63, 3.8) is 0 Å². The van der Waals surface area contributed by atoms with Gasteiger partial charge in [0.2, 0.25) is 0 Å². The Morgan fingerprint density at radius 3 is 2.82 bits per heavy atom. The lowest BCUT2D eigenvalue weighted by Gasteiger charge is -2.13. The van der Waals surface area contributed by atoms with Gasteiger partial charge in [0, 0.05) is 6.54 Å². The summed E-state index contributed by atoms with van der Waals surface area (Å²) in [6.07, 6.45) is -0.896. The molecule has 4 N–H and O–H groups in total. The average molecular weight is 306 g/mol. The van der Waals surface area contributed by atoms with Crippen molar-refractivity contribution in [2.45, 2.75) is 39.6 Å². The normalized spacial score (nSPS) is 12.4. The van der Waals surface area contributed by atoms with E-state index in [0.29, 0.717) is 11.4 Å². The van der Waals surface area contributed by atoms with Crippen molar-refractivity contribution in [2.75, 3.05) is 6.61 Å². The Hall–Kier alpha value is -1.96. The molecule has 0 saturated heterocycles. The van der Waals surface area contributed by atoms with Crippen LogP contribution < -0.4 is 10.5 Å². The highest BCUT2D eigenvalue weighted by Crippen LogP contribution is 2.22. The quantitative estimate of drug-likeness (QED) is 0.678. The summed E-state index contributed by atoms with van der Waals surface area (Å²) in [5.74, 6) is 0.790. The smallest absolute Gasteiger partial charge is 0.132 e. The third-order valence-corrected chi connectivity index (χ3v) is 3.63. The van der Waals surface area contributed by atoms with E-state index in [1.165, 1.54) is 4.68 Å². The molecule has 0 amide bonds. The number of hydrogen-bond donors (Lipinski definition) is 3. The highest BCUT2D eigenvalue weighted by molar-refractivity contribution is 5.38. The number of aliphatic hydroxyl groups excluding tert-OH is 2. The van der Waals surface area contributed by atoms with Crippen LogP contribution >= 0.6 is 0 Å². The van der Waals surface area contributed by atoms with Crippen molar-refractivity contribution in [3.8, 4) is 5.75 Å². The number of nitrogens with two attached hydrogens (primary N) is 1. The second kappa shape index (κ2) is 7.35. The minimum absolute atomic E-state index is 0.148. The molecule has 0 fully saturated rings. The van der Waals surface area contributed by atoms with E-state index >= 15 is 0 Å². The number of aromatic nitrogens is 3. The standard InChI is InChI=1S/C15H22N4O3/c1-10-4-3-5-15(11(10)2)22-9-14-13(6-16)17-18-19(14)7-12(21)8-20/h3-5,12,20-21H,6-9,16H2,1-2H3. The molecule has 1 aromatic heterocycles. The van der Waals surface area contributed by atoms with Crippen molar-refractivity contribution in [2.24, 2.45) is 5.73 Å². The van der Waals surface area contributed by atoms with Crippen LogP contribution in [-0.2, 0) is 19.7 Å². The molecule has 2 rings (SSSR count). The number of ether oxygens (including phenoxy) is 1. The van der Waals surface area contributed by atoms with Gasteiger partial charge in [-0.25, -0.2) is 4.68 Å². The second-order valence-corrected chi connectivity index (χ2v) is 5.19. The third kappa shape index (κ3) is 3.62. The average Bonchev–Trinajstić information content (AvgIpc) is 2.90. The first-order valence-corrected chi connectivity index (χ1v) is 7.16. The topological polar surface area (TPSA) is 106 Å². The fourth-order valence-electron chi connectivity index (χ4n) is 2.12. The van der Waals surface area contributed by atoms with E-state index in [9.17, 15) is 5.11 Å². The Morgan fingerprint density at radius 2 is 2.14 bits per heavy atom. The largest absolute Gasteiger partial charge is 0.487 e. The number of nitrogens with zero attached hydrogens (tertiary/aromatic N) is 3. The van der Waals surface area contributed by atoms with Crippen molar-refractivity contribution in [3.05, 3.63) is 40.7 Å². The predicted molar refractivity (Wildman–Crippen MR) is 81.3 cm³/mol. The summed E-state index contributed by atoms with van der Waals surface area (Å²) >= 11 is 0. The van der Waals surface area contributed by atoms with Gasteiger partial charge < -0.3 is 20.7 Å². The SMILES string of the molecule is Cc1cccc(OCc2c(CN)nnn2CC(O)CO)c1C. The monoisotopic (exact) mass is 306 g/mol. The molecular formula is C15H22N4O3. The molecule has 0 aliphatic rings. The van der Waals surface area contributed by atoms with E-state index in [2.05, 4.69) is 10.3 Å². The van der Waals surface area contributed by atoms with Gasteiger partial charge in [0.25, 0.3) is 0 Å². The zero-order valence-corrected chi connectivity index (χ0v) is 12.9. The third-order valence-electron chi connectivity index (χ3n) is 3.63. The first-order chi connectivity index (χ1) is 10.6. The molecule has 1 aromatic carbocycles. The van der Waals surface area contributed by atoms with E-state index in [-0.39, 0.29) is 26.3 Å². The number of aryl methyl sites for hydroxylation is 1. The first kappa shape index (κ1) is 16.4. The summed E-state index contributed by atoms with van der Waals surface area (Å²) < 4.78 is 7.38. The van der Waals surface area contributed by atoms with E-state index in [0.717, 1.165) is 16.9 Å². The molecule has 120 valence electrons. The van der Waals surface area contributed by atoms with Crippen molar-refractivity contribution < 1.29 is 14.9 Å². The number of rotatable bonds is 7. The molecule has 0 aliphatic carbocycles. The lowest BCUT2D eigenvalue weighted by Crippen LogP contribution is -2.23. The van der Waals surface area contributed by atoms with E-state index < -0.39 is 6.10 Å². The zero-order chi connectivity index (χ0) is 16.1. The van der Waals surface area contributed by atoms with Crippen LogP contribution in [0.15, 0.2) is 18.2 Å². The van der Waals surface area contributed by atoms with Crippen molar-refractivity contribution >= 4 is 0 Å². The molecule has 0 bridgehead atoms. The Bertz CT molecular complexity index is 627. The molecule has 2 aromatic rings. The fraction of sp³-hybridized carbons (Fsp3) is 0.467. The zero-order valence-electron chi connectivity index (χ0n) is 12.9. The summed E-state index contributed by atoms with van der Waals surface area (Å²) in [5.41, 5.74) is 9.22. The molecule has 1 heterocycles. The van der Waals surface area contributed by atoms with Crippen LogP contribution in [0.5, 0.6) is 5.75 Å². The van der Waals surface area contributed by atoms with Crippen LogP contribution in [0.4, 0.5) is 0 Å². The van der Waals surface area contributed by atoms with Gasteiger partial charge in [-0.1, -0.05) is 17.3 Å². The lowest BCUT2D eigenvalue weighted by molar-refractivity contribution is 0.0761. The van der Waals surface area contributed by atoms with Gasteiger partial charge in [-0.2, -0.15) is 0 Å². The maximum absolute atomic E-state index is 9.57. The Kier molecular flexibility index (Phi) is 5.48. The molecular weight excluding hydrogens is 284 g/mol. The summed E-state index contributed by atoms with van der Waals surface area (Å²) in [4.78, 5) is 0. The highest BCUT2D eigenvalue weighted by atomic mass is 16.5. The van der Waals surface area contributed by atoms with Crippen LogP contribution in [0.2, 0.25) is 0 Å². The Labute approximate surface area is 129 Å². The molecule has 0 saturated carbocycles. The summed E-state index contributed by atoms with van der Waals surface area (Å²) in [5, 5.41) is 26.5. The second-order valence-electron chi connectivity index (χ2n) is 5.19. The molecule has 1 unspecified atom stereocenters. The fourth-order valence-corrected chi connectivity index (χ4v) is 2.12. The molecule has 0 radical (unpaired) electrons. The number of aliphatic hydroxyl groups is 2. The van der Waals surface area contributed by atoms with Gasteiger partial charge in [-0.15, -0.1) is 5.10 Å². The summed E-state index contributed by atoms with van der Waals surface area (Å²) in [7, 11) is 0. The molecule has 7 heteroatoms. The number of hydrogen-bond acceptors (Lipinski definition) is 6. The van der Waals surface area contributed by atoms with Gasteiger partial charge in [0.1, 0.15) is 23.7 Å². The van der Waals surface area contributed by atoms with Gasteiger partial charge in [0.15, 0.2) is 0 Å². The van der Waals surface area contributed by atoms with Crippen LogP contribution in [0.3, 0.4) is 0 Å². The molecule has 0 aliphatic heterocycles. The van der Waals surface area contributed by atoms with Crippen LogP contribution in [0.1, 0.15) is 22.5 Å². The van der Waals surface area contributed by atoms with Gasteiger partial charge in [-0.3, -0.25) is 0 Å². The van der Waals surface area contributed by atoms with E-state index in [1.54, 1.807) is 0 Å². The Balaban J connectivity index is 2.17. The first-order valence-electron chi connectivity index (χ1n) is 7.16. The maximum Gasteiger partial charge on any atom is 0.132 e. The van der Waals surface area contributed by atoms with E-state index in [4.69, 9.17) is 15.6 Å². The van der Waals surface area contributed by atoms with E-state index in [1.807, 2.05) is 32.0 Å². The van der Waals surface area contributed by atoms with Gasteiger partial charge >= 0.3 is 0 Å². The summed E-state index contributed by atoms with van der Waals surface area (Å²) in [6.45, 7) is 4.32. The Morgan fingerprint density at radius 1 is 1.36 bits per heavy atom. The summed E-state index contributed by atoms with van der Waals surface area (Å²) in [6, 6.07) is 5.87. The van der Waals surface area contributed by atoms with Gasteiger partial charge in [0.05, 0.1) is 19.3 Å². The highest BCUT2D eigenvalue weighted by Gasteiger charge is 2.15. The van der Waals surface area contributed by atoms with Crippen LogP contribution in [0, 0.1) is 13.8 Å².